The molecular weight excluding hydrogens is 240 g/mol. The quantitative estimate of drug-likeness (QED) is 0.783. The normalized spacial score (nSPS) is 19.8. The molecule has 18 heavy (non-hydrogen) atoms. The second-order valence-corrected chi connectivity index (χ2v) is 6.37. The molecule has 1 aromatic carbocycles. The van der Waals surface area contributed by atoms with Gasteiger partial charge >= 0.3 is 0 Å². The fraction of sp³-hybridized carbons (Fsp3) is 0.438. The second kappa shape index (κ2) is 5.23. The lowest BCUT2D eigenvalue weighted by atomic mass is 9.99. The molecule has 1 unspecified atom stereocenters. The van der Waals surface area contributed by atoms with Crippen molar-refractivity contribution in [3.05, 3.63) is 35.2 Å². The Kier molecular flexibility index (Phi) is 3.46. The molecule has 1 nitrogen and oxygen atoms in total. The Morgan fingerprint density at radius 1 is 1.28 bits per heavy atom. The van der Waals surface area contributed by atoms with E-state index < -0.39 is 0 Å². The molecule has 0 bridgehead atoms. The number of thiophene rings is 1. The van der Waals surface area contributed by atoms with Crippen molar-refractivity contribution in [2.75, 3.05) is 0 Å². The molecule has 3 rings (SSSR count). The van der Waals surface area contributed by atoms with Crippen LogP contribution in [0.2, 0.25) is 0 Å². The summed E-state index contributed by atoms with van der Waals surface area (Å²) in [6.07, 6.45) is 6.45. The van der Waals surface area contributed by atoms with Crippen LogP contribution in [0.5, 0.6) is 0 Å². The Hall–Kier alpha value is -1.15. The smallest absolute Gasteiger partial charge is 0.135 e. The first-order valence-corrected chi connectivity index (χ1v) is 7.65. The summed E-state index contributed by atoms with van der Waals surface area (Å²) in [4.78, 5) is 13.0. The summed E-state index contributed by atoms with van der Waals surface area (Å²) < 4.78 is 1.38. The second-order valence-electron chi connectivity index (χ2n) is 5.20. The topological polar surface area (TPSA) is 17.1 Å². The van der Waals surface area contributed by atoms with E-state index in [2.05, 4.69) is 30.3 Å². The van der Waals surface area contributed by atoms with Gasteiger partial charge in [-0.2, -0.15) is 0 Å². The molecule has 1 heterocycles. The van der Waals surface area contributed by atoms with Gasteiger partial charge in [0.15, 0.2) is 0 Å². The first kappa shape index (κ1) is 11.9. The van der Waals surface area contributed by atoms with E-state index in [1.54, 1.807) is 0 Å². The summed E-state index contributed by atoms with van der Waals surface area (Å²) in [5.41, 5.74) is 0. The van der Waals surface area contributed by atoms with Crippen molar-refractivity contribution in [2.24, 2.45) is 5.92 Å². The van der Waals surface area contributed by atoms with Gasteiger partial charge in [-0.05, 0) is 49.6 Å². The van der Waals surface area contributed by atoms with E-state index >= 15 is 0 Å². The predicted octanol–water partition coefficient (Wildman–Crippen LogP) is 4.59. The van der Waals surface area contributed by atoms with E-state index in [0.717, 1.165) is 38.5 Å². The van der Waals surface area contributed by atoms with Crippen LogP contribution in [0.4, 0.5) is 0 Å². The first-order valence-electron chi connectivity index (χ1n) is 6.83. The minimum absolute atomic E-state index is 0.374. The monoisotopic (exact) mass is 258 g/mol. The Balaban J connectivity index is 1.58. The van der Waals surface area contributed by atoms with Crippen LogP contribution in [0.1, 0.15) is 37.0 Å². The van der Waals surface area contributed by atoms with E-state index in [1.165, 1.54) is 15.0 Å². The standard InChI is InChI=1S/C16H18OS/c17-15-9-4-7-12(15)6-3-8-14-11-13-5-1-2-10-16(13)18-14/h1-2,5,10-12H,3-4,6-9H2. The van der Waals surface area contributed by atoms with Crippen molar-refractivity contribution < 1.29 is 4.79 Å². The number of fused-ring (bicyclic) bond motifs is 1. The predicted molar refractivity (Wildman–Crippen MR) is 77.1 cm³/mol. The molecule has 0 radical (unpaired) electrons. The molecule has 0 saturated heterocycles. The van der Waals surface area contributed by atoms with Crippen LogP contribution >= 0.6 is 11.3 Å². The average Bonchev–Trinajstić information content (AvgIpc) is 2.96. The molecule has 1 aliphatic carbocycles. The van der Waals surface area contributed by atoms with Crippen molar-refractivity contribution in [3.8, 4) is 0 Å². The molecule has 2 aromatic rings. The van der Waals surface area contributed by atoms with Crippen LogP contribution in [0.15, 0.2) is 30.3 Å². The highest BCUT2D eigenvalue weighted by atomic mass is 32.1. The molecular formula is C16H18OS. The van der Waals surface area contributed by atoms with Crippen molar-refractivity contribution >= 4 is 27.2 Å². The Bertz CT molecular complexity index is 522. The third-order valence-corrected chi connectivity index (χ3v) is 5.06. The molecule has 0 amide bonds. The molecule has 0 N–H and O–H groups in total. The highest BCUT2D eigenvalue weighted by Crippen LogP contribution is 2.29. The van der Waals surface area contributed by atoms with Crippen LogP contribution in [-0.4, -0.2) is 5.78 Å². The van der Waals surface area contributed by atoms with Crippen LogP contribution in [0.3, 0.4) is 0 Å². The van der Waals surface area contributed by atoms with Gasteiger partial charge < -0.3 is 0 Å². The summed E-state index contributed by atoms with van der Waals surface area (Å²) in [6.45, 7) is 0. The lowest BCUT2D eigenvalue weighted by molar-refractivity contribution is -0.120. The third-order valence-electron chi connectivity index (χ3n) is 3.88. The summed E-state index contributed by atoms with van der Waals surface area (Å²) in [6, 6.07) is 10.9. The van der Waals surface area contributed by atoms with Gasteiger partial charge in [0.05, 0.1) is 0 Å². The number of ketones is 1. The summed E-state index contributed by atoms with van der Waals surface area (Å²) >= 11 is 1.90. The lowest BCUT2D eigenvalue weighted by Gasteiger charge is -2.05. The highest BCUT2D eigenvalue weighted by molar-refractivity contribution is 7.19. The number of aryl methyl sites for hydroxylation is 1. The first-order chi connectivity index (χ1) is 8.83. The largest absolute Gasteiger partial charge is 0.299 e. The number of carbonyl (C=O) groups is 1. The van der Waals surface area contributed by atoms with Crippen molar-refractivity contribution in [1.29, 1.82) is 0 Å². The number of rotatable bonds is 4. The molecule has 0 spiro atoms. The van der Waals surface area contributed by atoms with Crippen LogP contribution in [-0.2, 0) is 11.2 Å². The maximum atomic E-state index is 11.6. The zero-order chi connectivity index (χ0) is 12.4. The Morgan fingerprint density at radius 2 is 2.17 bits per heavy atom. The zero-order valence-corrected chi connectivity index (χ0v) is 11.3. The van der Waals surface area contributed by atoms with Gasteiger partial charge in [-0.1, -0.05) is 18.2 Å². The lowest BCUT2D eigenvalue weighted by Crippen LogP contribution is -2.05. The van der Waals surface area contributed by atoms with Gasteiger partial charge in [0.2, 0.25) is 0 Å². The fourth-order valence-corrected chi connectivity index (χ4v) is 3.98. The van der Waals surface area contributed by atoms with Crippen molar-refractivity contribution in [2.45, 2.75) is 38.5 Å². The molecule has 1 atom stereocenters. The number of hydrogen-bond donors (Lipinski definition) is 0. The summed E-state index contributed by atoms with van der Waals surface area (Å²) in [5, 5.41) is 1.36. The van der Waals surface area contributed by atoms with E-state index in [-0.39, 0.29) is 0 Å². The highest BCUT2D eigenvalue weighted by Gasteiger charge is 2.23. The van der Waals surface area contributed by atoms with Gasteiger partial charge in [-0.25, -0.2) is 0 Å². The molecule has 94 valence electrons. The van der Waals surface area contributed by atoms with Crippen LogP contribution in [0.25, 0.3) is 10.1 Å². The number of benzene rings is 1. The van der Waals surface area contributed by atoms with E-state index in [9.17, 15) is 4.79 Å². The molecule has 1 fully saturated rings. The molecule has 1 aromatic heterocycles. The van der Waals surface area contributed by atoms with Crippen molar-refractivity contribution in [3.63, 3.8) is 0 Å². The Morgan fingerprint density at radius 3 is 2.94 bits per heavy atom. The maximum absolute atomic E-state index is 11.6. The van der Waals surface area contributed by atoms with Gasteiger partial charge in [-0.3, -0.25) is 4.79 Å². The number of Topliss-reactive ketones (excluding diaryl/α,β-unsaturated/α-hetero) is 1. The SMILES string of the molecule is O=C1CCCC1CCCc1cc2ccccc2s1. The average molecular weight is 258 g/mol. The van der Waals surface area contributed by atoms with Crippen LogP contribution in [0, 0.1) is 5.92 Å². The van der Waals surface area contributed by atoms with Gasteiger partial charge in [0.25, 0.3) is 0 Å². The van der Waals surface area contributed by atoms with Crippen LogP contribution < -0.4 is 0 Å². The Labute approximate surface area is 112 Å². The number of hydrogen-bond acceptors (Lipinski definition) is 2. The van der Waals surface area contributed by atoms with E-state index in [4.69, 9.17) is 0 Å². The molecule has 0 aliphatic heterocycles. The minimum atomic E-state index is 0.374. The minimum Gasteiger partial charge on any atom is -0.299 e. The fourth-order valence-electron chi connectivity index (χ4n) is 2.88. The van der Waals surface area contributed by atoms with Gasteiger partial charge in [-0.15, -0.1) is 11.3 Å². The van der Waals surface area contributed by atoms with E-state index in [0.29, 0.717) is 11.7 Å². The zero-order valence-electron chi connectivity index (χ0n) is 10.5. The van der Waals surface area contributed by atoms with Gasteiger partial charge in [0, 0.05) is 21.9 Å². The number of carbonyl (C=O) groups excluding carboxylic acids is 1. The molecule has 1 aliphatic rings. The van der Waals surface area contributed by atoms with E-state index in [1.807, 2.05) is 11.3 Å². The van der Waals surface area contributed by atoms with Crippen molar-refractivity contribution in [1.82, 2.24) is 0 Å². The third kappa shape index (κ3) is 2.49. The van der Waals surface area contributed by atoms with Gasteiger partial charge in [0.1, 0.15) is 5.78 Å². The molecule has 2 heteroatoms. The molecule has 1 saturated carbocycles. The summed E-state index contributed by atoms with van der Waals surface area (Å²) in [7, 11) is 0. The maximum Gasteiger partial charge on any atom is 0.135 e. The summed E-state index contributed by atoms with van der Waals surface area (Å²) in [5.74, 6) is 0.880.